The van der Waals surface area contributed by atoms with Crippen molar-refractivity contribution in [2.24, 2.45) is 0 Å². The van der Waals surface area contributed by atoms with E-state index >= 15 is 0 Å². The average Bonchev–Trinajstić information content (AvgIpc) is 3.47. The molecule has 0 unspecified atom stereocenters. The molecule has 0 amide bonds. The quantitative estimate of drug-likeness (QED) is 0.203. The molecule has 1 aliphatic heterocycles. The van der Waals surface area contributed by atoms with Gasteiger partial charge in [0.1, 0.15) is 0 Å². The Bertz CT molecular complexity index is 2240. The highest BCUT2D eigenvalue weighted by atomic mass is 16.5. The molecule has 3 heteroatoms. The van der Waals surface area contributed by atoms with Gasteiger partial charge in [-0.1, -0.05) is 115 Å². The van der Waals surface area contributed by atoms with Crippen LogP contribution in [0.3, 0.4) is 0 Å². The Labute approximate surface area is 261 Å². The predicted octanol–water partition coefficient (Wildman–Crippen LogP) is 11.7. The Kier molecular flexibility index (Phi) is 5.82. The summed E-state index contributed by atoms with van der Waals surface area (Å²) < 4.78 is 8.87. The molecular formula is C42H28N2O. The van der Waals surface area contributed by atoms with Gasteiger partial charge in [0.15, 0.2) is 11.5 Å². The smallest absolute Gasteiger partial charge is 0.152 e. The van der Waals surface area contributed by atoms with E-state index < -0.39 is 0 Å². The number of nitrogens with zero attached hydrogens (tertiary/aromatic N) is 2. The van der Waals surface area contributed by atoms with Crippen LogP contribution in [0.15, 0.2) is 170 Å². The molecule has 0 bridgehead atoms. The molecule has 0 radical (unpaired) electrons. The van der Waals surface area contributed by atoms with E-state index in [1.165, 1.54) is 27.6 Å². The van der Waals surface area contributed by atoms with Gasteiger partial charge in [-0.3, -0.25) is 0 Å². The van der Waals surface area contributed by atoms with E-state index in [1.807, 2.05) is 12.1 Å². The van der Waals surface area contributed by atoms with Crippen LogP contribution in [-0.2, 0) is 0 Å². The van der Waals surface area contributed by atoms with Crippen LogP contribution < -0.4 is 9.64 Å². The fourth-order valence-corrected chi connectivity index (χ4v) is 6.71. The highest BCUT2D eigenvalue weighted by molar-refractivity contribution is 6.18. The molecule has 0 saturated carbocycles. The van der Waals surface area contributed by atoms with E-state index in [1.54, 1.807) is 0 Å². The number of para-hydroxylation sites is 3. The first-order valence-electron chi connectivity index (χ1n) is 15.3. The number of anilines is 3. The van der Waals surface area contributed by atoms with Crippen LogP contribution in [0.2, 0.25) is 0 Å². The summed E-state index contributed by atoms with van der Waals surface area (Å²) in [6, 6.07) is 60.1. The summed E-state index contributed by atoms with van der Waals surface area (Å²) in [5.74, 6) is 1.73. The third-order valence-electron chi connectivity index (χ3n) is 8.79. The maximum atomic E-state index is 6.52. The van der Waals surface area contributed by atoms with Crippen molar-refractivity contribution >= 4 is 38.9 Å². The Balaban J connectivity index is 1.28. The van der Waals surface area contributed by atoms with Gasteiger partial charge >= 0.3 is 0 Å². The second-order valence-electron chi connectivity index (χ2n) is 11.4. The predicted molar refractivity (Wildman–Crippen MR) is 186 cm³/mol. The van der Waals surface area contributed by atoms with Gasteiger partial charge in [0.2, 0.25) is 0 Å². The maximum Gasteiger partial charge on any atom is 0.152 e. The summed E-state index contributed by atoms with van der Waals surface area (Å²) in [5.41, 5.74) is 11.4. The summed E-state index contributed by atoms with van der Waals surface area (Å²) in [4.78, 5) is 2.37. The lowest BCUT2D eigenvalue weighted by molar-refractivity contribution is 0.476. The van der Waals surface area contributed by atoms with E-state index in [2.05, 4.69) is 167 Å². The largest absolute Gasteiger partial charge is 0.453 e. The molecule has 9 rings (SSSR count). The van der Waals surface area contributed by atoms with Crippen molar-refractivity contribution in [3.8, 4) is 39.4 Å². The molecule has 7 aromatic carbocycles. The summed E-state index contributed by atoms with van der Waals surface area (Å²) in [6.45, 7) is 0. The normalized spacial score (nSPS) is 11.7. The van der Waals surface area contributed by atoms with Crippen LogP contribution >= 0.6 is 0 Å². The van der Waals surface area contributed by atoms with Crippen LogP contribution in [-0.4, -0.2) is 4.57 Å². The molecule has 0 spiro atoms. The molecule has 0 fully saturated rings. The standard InChI is InChI=1S/C42H28N2O/c1-3-11-29(12-4-1)31-19-23-33(24-20-31)43(34-25-21-32(22-26-34)30-13-5-2-6-14-30)38-27-28-40-42-41(38)35-15-7-8-16-36(35)44(42)37-17-9-10-18-39(37)45-40/h1-28H. The molecule has 0 atom stereocenters. The minimum atomic E-state index is 0.863. The first kappa shape index (κ1) is 25.4. The highest BCUT2D eigenvalue weighted by Crippen LogP contribution is 2.50. The second-order valence-corrected chi connectivity index (χ2v) is 11.4. The van der Waals surface area contributed by atoms with Gasteiger partial charge in [0.25, 0.3) is 0 Å². The minimum absolute atomic E-state index is 0.863. The zero-order chi connectivity index (χ0) is 29.7. The van der Waals surface area contributed by atoms with E-state index in [0.717, 1.165) is 50.7 Å². The number of rotatable bonds is 5. The third kappa shape index (κ3) is 4.13. The van der Waals surface area contributed by atoms with Crippen LogP contribution in [0.5, 0.6) is 11.5 Å². The average molecular weight is 577 g/mol. The fourth-order valence-electron chi connectivity index (χ4n) is 6.71. The third-order valence-corrected chi connectivity index (χ3v) is 8.79. The SMILES string of the molecule is c1ccc(-c2ccc(N(c3ccc(-c4ccccc4)cc3)c3ccc4c5c3c3ccccc3n5-c3ccccc3O4)cc2)cc1. The van der Waals surface area contributed by atoms with Crippen molar-refractivity contribution in [1.29, 1.82) is 0 Å². The molecule has 45 heavy (non-hydrogen) atoms. The number of aromatic nitrogens is 1. The lowest BCUT2D eigenvalue weighted by atomic mass is 10.0. The molecule has 1 aromatic heterocycles. The molecule has 1 aliphatic rings. The number of fused-ring (bicyclic) bond motifs is 5. The zero-order valence-corrected chi connectivity index (χ0v) is 24.5. The summed E-state index contributed by atoms with van der Waals surface area (Å²) in [6.07, 6.45) is 0. The lowest BCUT2D eigenvalue weighted by Gasteiger charge is -2.28. The second kappa shape index (κ2) is 10.3. The number of benzene rings is 7. The summed E-state index contributed by atoms with van der Waals surface area (Å²) in [7, 11) is 0. The van der Waals surface area contributed by atoms with Crippen LogP contribution in [0.25, 0.3) is 49.7 Å². The van der Waals surface area contributed by atoms with Gasteiger partial charge in [-0.25, -0.2) is 0 Å². The van der Waals surface area contributed by atoms with Gasteiger partial charge in [-0.05, 0) is 76.9 Å². The summed E-state index contributed by atoms with van der Waals surface area (Å²) in [5, 5.41) is 2.35. The van der Waals surface area contributed by atoms with Crippen LogP contribution in [0.4, 0.5) is 17.1 Å². The molecule has 0 aliphatic carbocycles. The van der Waals surface area contributed by atoms with Crippen molar-refractivity contribution < 1.29 is 4.74 Å². The van der Waals surface area contributed by atoms with E-state index in [4.69, 9.17) is 4.74 Å². The van der Waals surface area contributed by atoms with Gasteiger partial charge in [-0.15, -0.1) is 0 Å². The molecule has 8 aromatic rings. The van der Waals surface area contributed by atoms with Gasteiger partial charge in [0, 0.05) is 22.1 Å². The molecule has 0 N–H and O–H groups in total. The first-order valence-corrected chi connectivity index (χ1v) is 15.3. The van der Waals surface area contributed by atoms with Crippen molar-refractivity contribution in [3.63, 3.8) is 0 Å². The molecular weight excluding hydrogens is 548 g/mol. The monoisotopic (exact) mass is 576 g/mol. The number of ether oxygens (including phenoxy) is 1. The van der Waals surface area contributed by atoms with E-state index in [9.17, 15) is 0 Å². The molecule has 2 heterocycles. The van der Waals surface area contributed by atoms with Gasteiger partial charge in [-0.2, -0.15) is 0 Å². The Morgan fingerprint density at radius 3 is 1.60 bits per heavy atom. The fraction of sp³-hybridized carbons (Fsp3) is 0. The number of hydrogen-bond donors (Lipinski definition) is 0. The molecule has 212 valence electrons. The first-order chi connectivity index (χ1) is 22.3. The van der Waals surface area contributed by atoms with Gasteiger partial charge < -0.3 is 14.2 Å². The maximum absolute atomic E-state index is 6.52. The van der Waals surface area contributed by atoms with Crippen LogP contribution in [0.1, 0.15) is 0 Å². The topological polar surface area (TPSA) is 17.4 Å². The highest BCUT2D eigenvalue weighted by Gasteiger charge is 2.27. The van der Waals surface area contributed by atoms with Gasteiger partial charge in [0.05, 0.1) is 22.4 Å². The van der Waals surface area contributed by atoms with Crippen molar-refractivity contribution in [2.75, 3.05) is 4.90 Å². The minimum Gasteiger partial charge on any atom is -0.453 e. The van der Waals surface area contributed by atoms with E-state index in [0.29, 0.717) is 0 Å². The summed E-state index contributed by atoms with van der Waals surface area (Å²) >= 11 is 0. The van der Waals surface area contributed by atoms with Crippen LogP contribution in [0, 0.1) is 0 Å². The Morgan fingerprint density at radius 2 is 0.956 bits per heavy atom. The molecule has 3 nitrogen and oxygen atoms in total. The Morgan fingerprint density at radius 1 is 0.422 bits per heavy atom. The lowest BCUT2D eigenvalue weighted by Crippen LogP contribution is -2.11. The number of hydrogen-bond acceptors (Lipinski definition) is 2. The van der Waals surface area contributed by atoms with Crippen molar-refractivity contribution in [1.82, 2.24) is 4.57 Å². The molecule has 0 saturated heterocycles. The zero-order valence-electron chi connectivity index (χ0n) is 24.5. The van der Waals surface area contributed by atoms with Crippen molar-refractivity contribution in [2.45, 2.75) is 0 Å². The Hall–Kier alpha value is -6.06. The van der Waals surface area contributed by atoms with Crippen molar-refractivity contribution in [3.05, 3.63) is 170 Å². The van der Waals surface area contributed by atoms with E-state index in [-0.39, 0.29) is 0 Å².